The number of aromatic amines is 1. The van der Waals surface area contributed by atoms with Crippen molar-refractivity contribution in [1.29, 1.82) is 0 Å². The molecule has 1 aromatic heterocycles. The van der Waals surface area contributed by atoms with Gasteiger partial charge in [0.05, 0.1) is 0 Å². The molecule has 2 rings (SSSR count). The summed E-state index contributed by atoms with van der Waals surface area (Å²) in [4.78, 5) is 29.7. The molecule has 116 valence electrons. The molecule has 1 saturated carbocycles. The molecule has 21 heavy (non-hydrogen) atoms. The number of aryl methyl sites for hydroxylation is 1. The molecular weight excluding hydrogens is 270 g/mol. The third-order valence-electron chi connectivity index (χ3n) is 3.51. The molecule has 0 unspecified atom stereocenters. The number of nitrogens with one attached hydrogen (secondary N) is 4. The lowest BCUT2D eigenvalue weighted by molar-refractivity contribution is 0.233. The van der Waals surface area contributed by atoms with Crippen LogP contribution in [0.2, 0.25) is 0 Å². The van der Waals surface area contributed by atoms with Crippen LogP contribution in [0.1, 0.15) is 37.8 Å². The highest BCUT2D eigenvalue weighted by Gasteiger charge is 2.14. The van der Waals surface area contributed by atoms with Crippen molar-refractivity contribution in [2.45, 2.75) is 45.1 Å². The van der Waals surface area contributed by atoms with Crippen molar-refractivity contribution in [1.82, 2.24) is 20.6 Å². The average molecular weight is 293 g/mol. The zero-order valence-electron chi connectivity index (χ0n) is 12.4. The topological polar surface area (TPSA) is 98.9 Å². The van der Waals surface area contributed by atoms with Crippen molar-refractivity contribution >= 4 is 12.0 Å². The van der Waals surface area contributed by atoms with E-state index in [0.717, 1.165) is 12.8 Å². The van der Waals surface area contributed by atoms with Crippen LogP contribution in [0.15, 0.2) is 10.9 Å². The van der Waals surface area contributed by atoms with Crippen molar-refractivity contribution < 1.29 is 4.79 Å². The first-order valence-corrected chi connectivity index (χ1v) is 7.50. The van der Waals surface area contributed by atoms with Crippen LogP contribution in [0.3, 0.4) is 0 Å². The van der Waals surface area contributed by atoms with Crippen molar-refractivity contribution in [2.75, 3.05) is 18.4 Å². The monoisotopic (exact) mass is 293 g/mol. The zero-order valence-corrected chi connectivity index (χ0v) is 12.4. The quantitative estimate of drug-likeness (QED) is 0.611. The van der Waals surface area contributed by atoms with E-state index >= 15 is 0 Å². The number of urea groups is 1. The summed E-state index contributed by atoms with van der Waals surface area (Å²) in [5.74, 6) is 0.425. The maximum absolute atomic E-state index is 11.7. The summed E-state index contributed by atoms with van der Waals surface area (Å²) < 4.78 is 0. The Hall–Kier alpha value is -2.05. The van der Waals surface area contributed by atoms with Gasteiger partial charge in [0, 0.05) is 30.9 Å². The number of rotatable bonds is 5. The largest absolute Gasteiger partial charge is 0.354 e. The predicted molar refractivity (Wildman–Crippen MR) is 81.5 cm³/mol. The van der Waals surface area contributed by atoms with Gasteiger partial charge in [-0.05, 0) is 19.8 Å². The van der Waals surface area contributed by atoms with Crippen molar-refractivity contribution in [3.05, 3.63) is 22.1 Å². The Balaban J connectivity index is 1.64. The maximum Gasteiger partial charge on any atom is 0.315 e. The number of carbonyl (C=O) groups excluding carboxylic acids is 1. The molecule has 0 bridgehead atoms. The highest BCUT2D eigenvalue weighted by atomic mass is 16.2. The Bertz CT molecular complexity index is 522. The molecule has 1 aliphatic carbocycles. The van der Waals surface area contributed by atoms with Crippen LogP contribution in [0, 0.1) is 6.92 Å². The van der Waals surface area contributed by atoms with Crippen LogP contribution < -0.4 is 21.5 Å². The van der Waals surface area contributed by atoms with Gasteiger partial charge in [0.1, 0.15) is 0 Å². The number of nitrogens with zero attached hydrogens (tertiary/aromatic N) is 1. The molecular formula is C14H23N5O2. The third-order valence-corrected chi connectivity index (χ3v) is 3.51. The Labute approximate surface area is 123 Å². The number of carbonyl (C=O) groups is 1. The zero-order chi connectivity index (χ0) is 15.1. The molecule has 1 fully saturated rings. The third kappa shape index (κ3) is 5.45. The second-order valence-corrected chi connectivity index (χ2v) is 5.40. The number of hydrogen-bond acceptors (Lipinski definition) is 4. The van der Waals surface area contributed by atoms with Crippen LogP contribution in [-0.4, -0.2) is 35.1 Å². The normalized spacial score (nSPS) is 15.5. The maximum atomic E-state index is 11.7. The second-order valence-electron chi connectivity index (χ2n) is 5.40. The molecule has 7 heteroatoms. The van der Waals surface area contributed by atoms with E-state index in [2.05, 4.69) is 25.9 Å². The van der Waals surface area contributed by atoms with Gasteiger partial charge < -0.3 is 16.0 Å². The molecule has 1 aromatic rings. The van der Waals surface area contributed by atoms with Crippen LogP contribution in [0.4, 0.5) is 10.7 Å². The minimum Gasteiger partial charge on any atom is -0.354 e. The fraction of sp³-hybridized carbons (Fsp3) is 0.643. The Morgan fingerprint density at radius 3 is 2.81 bits per heavy atom. The molecule has 0 atom stereocenters. The number of aromatic nitrogens is 2. The summed E-state index contributed by atoms with van der Waals surface area (Å²) in [5, 5.41) is 8.76. The number of amides is 2. The van der Waals surface area contributed by atoms with E-state index in [9.17, 15) is 9.59 Å². The van der Waals surface area contributed by atoms with Crippen LogP contribution in [0.5, 0.6) is 0 Å². The van der Waals surface area contributed by atoms with Gasteiger partial charge in [-0.2, -0.15) is 0 Å². The minimum absolute atomic E-state index is 0.130. The van der Waals surface area contributed by atoms with Gasteiger partial charge in [-0.25, -0.2) is 9.78 Å². The van der Waals surface area contributed by atoms with E-state index in [0.29, 0.717) is 30.8 Å². The molecule has 0 saturated heterocycles. The summed E-state index contributed by atoms with van der Waals surface area (Å²) >= 11 is 0. The van der Waals surface area contributed by atoms with Crippen molar-refractivity contribution in [3.63, 3.8) is 0 Å². The fourth-order valence-electron chi connectivity index (χ4n) is 2.50. The average Bonchev–Trinajstić information content (AvgIpc) is 2.44. The van der Waals surface area contributed by atoms with Crippen LogP contribution >= 0.6 is 0 Å². The summed E-state index contributed by atoms with van der Waals surface area (Å²) in [5.41, 5.74) is 0.470. The van der Waals surface area contributed by atoms with Gasteiger partial charge in [-0.3, -0.25) is 9.78 Å². The summed E-state index contributed by atoms with van der Waals surface area (Å²) in [6.07, 6.45) is 5.80. The van der Waals surface area contributed by atoms with E-state index in [-0.39, 0.29) is 11.6 Å². The molecule has 0 aliphatic heterocycles. The molecule has 0 spiro atoms. The van der Waals surface area contributed by atoms with Crippen molar-refractivity contribution in [2.24, 2.45) is 0 Å². The number of anilines is 1. The van der Waals surface area contributed by atoms with Gasteiger partial charge in [0.15, 0.2) is 0 Å². The van der Waals surface area contributed by atoms with Gasteiger partial charge in [-0.15, -0.1) is 0 Å². The van der Waals surface area contributed by atoms with Crippen LogP contribution in [-0.2, 0) is 0 Å². The second kappa shape index (κ2) is 7.66. The lowest BCUT2D eigenvalue weighted by atomic mass is 9.96. The van der Waals surface area contributed by atoms with E-state index < -0.39 is 0 Å². The van der Waals surface area contributed by atoms with Crippen LogP contribution in [0.25, 0.3) is 0 Å². The van der Waals surface area contributed by atoms with E-state index in [1.165, 1.54) is 25.3 Å². The van der Waals surface area contributed by atoms with Gasteiger partial charge in [-0.1, -0.05) is 19.3 Å². The molecule has 1 aliphatic rings. The summed E-state index contributed by atoms with van der Waals surface area (Å²) in [7, 11) is 0. The number of hydrogen-bond donors (Lipinski definition) is 4. The first-order chi connectivity index (χ1) is 10.1. The van der Waals surface area contributed by atoms with Gasteiger partial charge in [0.2, 0.25) is 5.95 Å². The first kappa shape index (κ1) is 15.3. The van der Waals surface area contributed by atoms with E-state index in [1.807, 2.05) is 0 Å². The lowest BCUT2D eigenvalue weighted by Gasteiger charge is -2.22. The number of H-pyrrole nitrogens is 1. The van der Waals surface area contributed by atoms with E-state index in [4.69, 9.17) is 0 Å². The summed E-state index contributed by atoms with van der Waals surface area (Å²) in [6, 6.07) is 1.61. The minimum atomic E-state index is -0.187. The molecule has 2 amide bonds. The fourth-order valence-corrected chi connectivity index (χ4v) is 2.50. The smallest absolute Gasteiger partial charge is 0.315 e. The molecule has 0 aromatic carbocycles. The van der Waals surface area contributed by atoms with Gasteiger partial charge >= 0.3 is 6.03 Å². The summed E-state index contributed by atoms with van der Waals surface area (Å²) in [6.45, 7) is 2.73. The molecule has 1 heterocycles. The first-order valence-electron chi connectivity index (χ1n) is 7.50. The Morgan fingerprint density at radius 1 is 1.33 bits per heavy atom. The highest BCUT2D eigenvalue weighted by Crippen LogP contribution is 2.16. The van der Waals surface area contributed by atoms with Gasteiger partial charge in [0.25, 0.3) is 5.56 Å². The predicted octanol–water partition coefficient (Wildman–Crippen LogP) is 1.12. The van der Waals surface area contributed by atoms with Crippen molar-refractivity contribution in [3.8, 4) is 0 Å². The Kier molecular flexibility index (Phi) is 5.59. The molecule has 7 nitrogen and oxygen atoms in total. The standard InChI is InChI=1S/C14H23N5O2/c1-10-9-12(20)19-13(17-10)15-7-8-16-14(21)18-11-5-3-2-4-6-11/h9,11H,2-8H2,1H3,(H2,16,18,21)(H2,15,17,19,20). The SMILES string of the molecule is Cc1cc(=O)[nH]c(NCCNC(=O)NC2CCCCC2)n1. The van der Waals surface area contributed by atoms with E-state index in [1.54, 1.807) is 6.92 Å². The highest BCUT2D eigenvalue weighted by molar-refractivity contribution is 5.74. The molecule has 0 radical (unpaired) electrons. The lowest BCUT2D eigenvalue weighted by Crippen LogP contribution is -2.44. The Morgan fingerprint density at radius 2 is 2.10 bits per heavy atom. The molecule has 4 N–H and O–H groups in total.